The zero-order valence-corrected chi connectivity index (χ0v) is 7.26. The van der Waals surface area contributed by atoms with Crippen molar-refractivity contribution < 1.29 is 10.4 Å². The SMILES string of the molecule is CCC(CC)(NO)/C(C)=N/O. The number of hydrogen-bond acceptors (Lipinski definition) is 4. The molecule has 11 heavy (non-hydrogen) atoms. The zero-order chi connectivity index (χ0) is 8.91. The molecule has 0 bridgehead atoms. The summed E-state index contributed by atoms with van der Waals surface area (Å²) in [7, 11) is 0. The summed E-state index contributed by atoms with van der Waals surface area (Å²) >= 11 is 0. The molecular weight excluding hydrogens is 144 g/mol. The molecule has 66 valence electrons. The number of nitrogens with one attached hydrogen (secondary N) is 1. The summed E-state index contributed by atoms with van der Waals surface area (Å²) in [5.74, 6) is 0. The van der Waals surface area contributed by atoms with Gasteiger partial charge in [0.25, 0.3) is 0 Å². The van der Waals surface area contributed by atoms with E-state index in [4.69, 9.17) is 10.4 Å². The van der Waals surface area contributed by atoms with Crippen molar-refractivity contribution in [1.29, 1.82) is 0 Å². The maximum Gasteiger partial charge on any atom is 0.0834 e. The molecule has 0 rings (SSSR count). The second-order valence-corrected chi connectivity index (χ2v) is 2.59. The fraction of sp³-hybridized carbons (Fsp3) is 0.857. The first-order valence-electron chi connectivity index (χ1n) is 3.77. The van der Waals surface area contributed by atoms with Crippen LogP contribution in [-0.2, 0) is 0 Å². The third-order valence-corrected chi connectivity index (χ3v) is 2.26. The molecule has 0 fully saturated rings. The Labute approximate surface area is 66.9 Å². The lowest BCUT2D eigenvalue weighted by molar-refractivity contribution is 0.0908. The smallest absolute Gasteiger partial charge is 0.0834 e. The van der Waals surface area contributed by atoms with Crippen LogP contribution in [0.1, 0.15) is 33.6 Å². The predicted octanol–water partition coefficient (Wildman–Crippen LogP) is 1.37. The summed E-state index contributed by atoms with van der Waals surface area (Å²) in [6.07, 6.45) is 1.38. The number of hydroxylamine groups is 1. The van der Waals surface area contributed by atoms with Crippen molar-refractivity contribution in [3.8, 4) is 0 Å². The van der Waals surface area contributed by atoms with Gasteiger partial charge in [0.05, 0.1) is 11.3 Å². The highest BCUT2D eigenvalue weighted by molar-refractivity contribution is 5.90. The molecule has 0 saturated heterocycles. The Morgan fingerprint density at radius 2 is 1.91 bits per heavy atom. The van der Waals surface area contributed by atoms with Gasteiger partial charge in [-0.3, -0.25) is 0 Å². The number of nitrogens with zero attached hydrogens (tertiary/aromatic N) is 1. The molecular formula is C7H16N2O2. The maximum atomic E-state index is 8.84. The Kier molecular flexibility index (Phi) is 4.07. The molecule has 0 aromatic rings. The van der Waals surface area contributed by atoms with Gasteiger partial charge in [-0.05, 0) is 19.8 Å². The summed E-state index contributed by atoms with van der Waals surface area (Å²) in [4.78, 5) is 0. The van der Waals surface area contributed by atoms with Gasteiger partial charge < -0.3 is 10.4 Å². The van der Waals surface area contributed by atoms with Crippen molar-refractivity contribution in [3.05, 3.63) is 0 Å². The monoisotopic (exact) mass is 160 g/mol. The van der Waals surface area contributed by atoms with E-state index in [0.29, 0.717) is 18.6 Å². The fourth-order valence-electron chi connectivity index (χ4n) is 1.10. The van der Waals surface area contributed by atoms with Crippen LogP contribution in [0.5, 0.6) is 0 Å². The van der Waals surface area contributed by atoms with Crippen molar-refractivity contribution in [2.24, 2.45) is 5.16 Å². The molecule has 0 aliphatic heterocycles. The molecule has 0 spiro atoms. The Hall–Kier alpha value is -0.610. The summed E-state index contributed by atoms with van der Waals surface area (Å²) in [6, 6.07) is 0. The average molecular weight is 160 g/mol. The van der Waals surface area contributed by atoms with E-state index < -0.39 is 5.54 Å². The van der Waals surface area contributed by atoms with Gasteiger partial charge in [-0.1, -0.05) is 19.0 Å². The number of hydrogen-bond donors (Lipinski definition) is 3. The molecule has 4 nitrogen and oxygen atoms in total. The largest absolute Gasteiger partial charge is 0.411 e. The Morgan fingerprint density at radius 1 is 1.45 bits per heavy atom. The highest BCUT2D eigenvalue weighted by Gasteiger charge is 2.29. The van der Waals surface area contributed by atoms with Gasteiger partial charge in [0, 0.05) is 0 Å². The molecule has 0 unspecified atom stereocenters. The van der Waals surface area contributed by atoms with Crippen molar-refractivity contribution in [3.63, 3.8) is 0 Å². The van der Waals surface area contributed by atoms with Gasteiger partial charge in [0.2, 0.25) is 0 Å². The van der Waals surface area contributed by atoms with E-state index in [0.717, 1.165) is 0 Å². The average Bonchev–Trinajstić information content (AvgIpc) is 2.08. The van der Waals surface area contributed by atoms with Gasteiger partial charge in [0.1, 0.15) is 0 Å². The van der Waals surface area contributed by atoms with Crippen LogP contribution in [0.3, 0.4) is 0 Å². The standard InChI is InChI=1S/C7H16N2O2/c1-4-7(5-2,9-11)6(3)8-10/h9-11H,4-5H2,1-3H3/b8-6+. The lowest BCUT2D eigenvalue weighted by atomic mass is 9.89. The molecule has 0 amide bonds. The molecule has 3 N–H and O–H groups in total. The quantitative estimate of drug-likeness (QED) is 0.330. The molecule has 0 saturated carbocycles. The van der Waals surface area contributed by atoms with Crippen LogP contribution in [0.15, 0.2) is 5.16 Å². The number of oxime groups is 1. The summed E-state index contributed by atoms with van der Waals surface area (Å²) in [5.41, 5.74) is 2.12. The molecule has 0 aliphatic carbocycles. The van der Waals surface area contributed by atoms with E-state index in [1.165, 1.54) is 0 Å². The van der Waals surface area contributed by atoms with Gasteiger partial charge >= 0.3 is 0 Å². The highest BCUT2D eigenvalue weighted by Crippen LogP contribution is 2.16. The summed E-state index contributed by atoms with van der Waals surface area (Å²) < 4.78 is 0. The van der Waals surface area contributed by atoms with Crippen LogP contribution in [0.25, 0.3) is 0 Å². The maximum absolute atomic E-state index is 8.84. The van der Waals surface area contributed by atoms with Crippen LogP contribution in [0, 0.1) is 0 Å². The summed E-state index contributed by atoms with van der Waals surface area (Å²) in [5, 5.41) is 20.4. The van der Waals surface area contributed by atoms with E-state index in [2.05, 4.69) is 10.6 Å². The normalized spacial score (nSPS) is 13.6. The number of rotatable bonds is 4. The van der Waals surface area contributed by atoms with E-state index in [1.807, 2.05) is 13.8 Å². The van der Waals surface area contributed by atoms with Crippen LogP contribution in [0.4, 0.5) is 0 Å². The van der Waals surface area contributed by atoms with Gasteiger partial charge in [-0.15, -0.1) is 0 Å². The minimum atomic E-state index is -0.561. The second-order valence-electron chi connectivity index (χ2n) is 2.59. The van der Waals surface area contributed by atoms with E-state index in [9.17, 15) is 0 Å². The Bertz CT molecular complexity index is 133. The third kappa shape index (κ3) is 1.91. The minimum Gasteiger partial charge on any atom is -0.411 e. The lowest BCUT2D eigenvalue weighted by Gasteiger charge is -2.28. The highest BCUT2D eigenvalue weighted by atomic mass is 16.5. The zero-order valence-electron chi connectivity index (χ0n) is 7.26. The van der Waals surface area contributed by atoms with Crippen LogP contribution >= 0.6 is 0 Å². The van der Waals surface area contributed by atoms with Gasteiger partial charge in [-0.2, -0.15) is 5.48 Å². The lowest BCUT2D eigenvalue weighted by Crippen LogP contribution is -2.48. The minimum absolute atomic E-state index is 0.505. The second kappa shape index (κ2) is 4.31. The molecule has 0 atom stereocenters. The van der Waals surface area contributed by atoms with Crippen molar-refractivity contribution >= 4 is 5.71 Å². The van der Waals surface area contributed by atoms with E-state index in [-0.39, 0.29) is 0 Å². The fourth-order valence-corrected chi connectivity index (χ4v) is 1.10. The first kappa shape index (κ1) is 10.4. The molecule has 0 aliphatic rings. The predicted molar refractivity (Wildman–Crippen MR) is 43.1 cm³/mol. The summed E-state index contributed by atoms with van der Waals surface area (Å²) in [6.45, 7) is 5.51. The van der Waals surface area contributed by atoms with Crippen LogP contribution in [0.2, 0.25) is 0 Å². The molecule has 4 heteroatoms. The molecule has 0 aromatic carbocycles. The van der Waals surface area contributed by atoms with Gasteiger partial charge in [-0.25, -0.2) is 0 Å². The topological polar surface area (TPSA) is 64.8 Å². The Morgan fingerprint density at radius 3 is 2.00 bits per heavy atom. The van der Waals surface area contributed by atoms with Crippen LogP contribution in [-0.4, -0.2) is 21.7 Å². The first-order valence-corrected chi connectivity index (χ1v) is 3.77. The molecule has 0 heterocycles. The van der Waals surface area contributed by atoms with Crippen LogP contribution < -0.4 is 5.48 Å². The van der Waals surface area contributed by atoms with Crippen molar-refractivity contribution in [1.82, 2.24) is 5.48 Å². The molecule has 0 radical (unpaired) electrons. The third-order valence-electron chi connectivity index (χ3n) is 2.26. The van der Waals surface area contributed by atoms with E-state index in [1.54, 1.807) is 6.92 Å². The first-order chi connectivity index (χ1) is 5.16. The van der Waals surface area contributed by atoms with Crippen molar-refractivity contribution in [2.75, 3.05) is 0 Å². The van der Waals surface area contributed by atoms with Gasteiger partial charge in [0.15, 0.2) is 0 Å². The Balaban J connectivity index is 4.54. The molecule has 0 aromatic heterocycles. The van der Waals surface area contributed by atoms with E-state index >= 15 is 0 Å². The van der Waals surface area contributed by atoms with Crippen molar-refractivity contribution in [2.45, 2.75) is 39.2 Å².